The molecule has 2 aromatic rings. The number of ether oxygens (including phenoxy) is 1. The summed E-state index contributed by atoms with van der Waals surface area (Å²) in [6.45, 7) is 0. The van der Waals surface area contributed by atoms with Gasteiger partial charge in [-0.3, -0.25) is 0 Å². The van der Waals surface area contributed by atoms with Gasteiger partial charge in [-0.15, -0.1) is 0 Å². The second-order valence-electron chi connectivity index (χ2n) is 3.60. The van der Waals surface area contributed by atoms with Crippen molar-refractivity contribution >= 4 is 33.0 Å². The van der Waals surface area contributed by atoms with Gasteiger partial charge >= 0.3 is 0 Å². The van der Waals surface area contributed by atoms with Gasteiger partial charge in [-0.1, -0.05) is 0 Å². The van der Waals surface area contributed by atoms with Crippen molar-refractivity contribution in [1.82, 2.24) is 0 Å². The van der Waals surface area contributed by atoms with Crippen molar-refractivity contribution in [3.05, 3.63) is 46.9 Å². The van der Waals surface area contributed by atoms with Gasteiger partial charge in [0.1, 0.15) is 5.75 Å². The summed E-state index contributed by atoms with van der Waals surface area (Å²) < 4.78 is 6.17. The molecule has 0 amide bonds. The maximum Gasteiger partial charge on any atom is 0.135 e. The average molecular weight is 293 g/mol. The number of anilines is 3. The predicted molar refractivity (Wildman–Crippen MR) is 74.8 cm³/mol. The highest BCUT2D eigenvalue weighted by Crippen LogP contribution is 2.29. The maximum absolute atomic E-state index is 5.63. The molecule has 0 aliphatic carbocycles. The molecule has 0 aliphatic rings. The van der Waals surface area contributed by atoms with Crippen molar-refractivity contribution in [1.29, 1.82) is 0 Å². The lowest BCUT2D eigenvalue weighted by atomic mass is 10.2. The van der Waals surface area contributed by atoms with E-state index in [-0.39, 0.29) is 0 Å². The Morgan fingerprint density at radius 2 is 1.71 bits per heavy atom. The molecule has 0 saturated heterocycles. The van der Waals surface area contributed by atoms with Crippen LogP contribution >= 0.6 is 15.9 Å². The zero-order valence-electron chi connectivity index (χ0n) is 9.41. The third-order valence-electron chi connectivity index (χ3n) is 2.35. The lowest BCUT2D eigenvalue weighted by Crippen LogP contribution is -1.92. The van der Waals surface area contributed by atoms with E-state index >= 15 is 0 Å². The molecule has 0 saturated carbocycles. The number of nitrogens with one attached hydrogen (secondary N) is 1. The molecule has 0 atom stereocenters. The third kappa shape index (κ3) is 2.91. The summed E-state index contributed by atoms with van der Waals surface area (Å²) in [7, 11) is 1.65. The van der Waals surface area contributed by atoms with E-state index in [4.69, 9.17) is 10.5 Å². The van der Waals surface area contributed by atoms with E-state index in [1.54, 1.807) is 7.11 Å². The van der Waals surface area contributed by atoms with Crippen molar-refractivity contribution in [2.45, 2.75) is 0 Å². The van der Waals surface area contributed by atoms with Crippen LogP contribution in [-0.2, 0) is 0 Å². The Hall–Kier alpha value is -1.68. The Balaban J connectivity index is 2.21. The first-order valence-corrected chi connectivity index (χ1v) is 5.94. The Labute approximate surface area is 109 Å². The number of hydrogen-bond acceptors (Lipinski definition) is 3. The van der Waals surface area contributed by atoms with Crippen LogP contribution in [0.25, 0.3) is 0 Å². The van der Waals surface area contributed by atoms with E-state index < -0.39 is 0 Å². The standard InChI is InChI=1S/C13H13BrN2O/c1-17-13-8-11(6-7-12(13)14)16-10-4-2-9(15)3-5-10/h2-8,16H,15H2,1H3. The number of methoxy groups -OCH3 is 1. The fourth-order valence-corrected chi connectivity index (χ4v) is 1.88. The largest absolute Gasteiger partial charge is 0.495 e. The van der Waals surface area contributed by atoms with Gasteiger partial charge in [0, 0.05) is 23.1 Å². The first-order chi connectivity index (χ1) is 8.19. The smallest absolute Gasteiger partial charge is 0.135 e. The van der Waals surface area contributed by atoms with E-state index in [1.807, 2.05) is 42.5 Å². The Bertz CT molecular complexity index is 511. The summed E-state index contributed by atoms with van der Waals surface area (Å²) in [5.41, 5.74) is 8.34. The van der Waals surface area contributed by atoms with Crippen LogP contribution in [0.2, 0.25) is 0 Å². The van der Waals surface area contributed by atoms with E-state index in [9.17, 15) is 0 Å². The maximum atomic E-state index is 5.63. The van der Waals surface area contributed by atoms with E-state index in [1.165, 1.54) is 0 Å². The first kappa shape index (κ1) is 11.8. The monoisotopic (exact) mass is 292 g/mol. The summed E-state index contributed by atoms with van der Waals surface area (Å²) in [6, 6.07) is 13.4. The van der Waals surface area contributed by atoms with Crippen LogP contribution in [0, 0.1) is 0 Å². The highest BCUT2D eigenvalue weighted by molar-refractivity contribution is 9.10. The van der Waals surface area contributed by atoms with Gasteiger partial charge < -0.3 is 15.8 Å². The number of benzene rings is 2. The molecular weight excluding hydrogens is 280 g/mol. The van der Waals surface area contributed by atoms with Gasteiger partial charge in [0.25, 0.3) is 0 Å². The molecule has 17 heavy (non-hydrogen) atoms. The van der Waals surface area contributed by atoms with Gasteiger partial charge in [-0.05, 0) is 52.3 Å². The summed E-state index contributed by atoms with van der Waals surface area (Å²) in [5, 5.41) is 3.28. The Kier molecular flexibility index (Phi) is 3.54. The minimum absolute atomic E-state index is 0.754. The molecule has 88 valence electrons. The van der Waals surface area contributed by atoms with Gasteiger partial charge in [0.2, 0.25) is 0 Å². The molecule has 0 fully saturated rings. The second kappa shape index (κ2) is 5.10. The van der Waals surface area contributed by atoms with Crippen molar-refractivity contribution in [3.8, 4) is 5.75 Å². The molecule has 2 aromatic carbocycles. The molecule has 0 aromatic heterocycles. The number of hydrogen-bond donors (Lipinski definition) is 2. The molecule has 3 nitrogen and oxygen atoms in total. The minimum atomic E-state index is 0.754. The second-order valence-corrected chi connectivity index (χ2v) is 4.45. The van der Waals surface area contributed by atoms with Crippen molar-refractivity contribution in [3.63, 3.8) is 0 Å². The topological polar surface area (TPSA) is 47.3 Å². The molecule has 0 bridgehead atoms. The molecule has 0 radical (unpaired) electrons. The number of nitrogen functional groups attached to an aromatic ring is 1. The van der Waals surface area contributed by atoms with E-state index in [0.29, 0.717) is 0 Å². The Morgan fingerprint density at radius 3 is 2.35 bits per heavy atom. The van der Waals surface area contributed by atoms with Gasteiger partial charge in [0.15, 0.2) is 0 Å². The van der Waals surface area contributed by atoms with Gasteiger partial charge in [0.05, 0.1) is 11.6 Å². The summed E-state index contributed by atoms with van der Waals surface area (Å²) in [4.78, 5) is 0. The molecule has 2 rings (SSSR count). The molecular formula is C13H13BrN2O. The van der Waals surface area contributed by atoms with Gasteiger partial charge in [-0.25, -0.2) is 0 Å². The molecule has 0 aliphatic heterocycles. The van der Waals surface area contributed by atoms with Crippen LogP contribution in [-0.4, -0.2) is 7.11 Å². The molecule has 4 heteroatoms. The predicted octanol–water partition coefficient (Wildman–Crippen LogP) is 3.78. The Morgan fingerprint density at radius 1 is 1.06 bits per heavy atom. The van der Waals surface area contributed by atoms with Crippen LogP contribution in [0.1, 0.15) is 0 Å². The van der Waals surface area contributed by atoms with Crippen LogP contribution < -0.4 is 15.8 Å². The van der Waals surface area contributed by atoms with E-state index in [0.717, 1.165) is 27.3 Å². The summed E-state index contributed by atoms with van der Waals surface area (Å²) in [5.74, 6) is 0.797. The summed E-state index contributed by atoms with van der Waals surface area (Å²) >= 11 is 3.42. The molecule has 0 spiro atoms. The zero-order chi connectivity index (χ0) is 12.3. The quantitative estimate of drug-likeness (QED) is 0.847. The lowest BCUT2D eigenvalue weighted by molar-refractivity contribution is 0.412. The zero-order valence-corrected chi connectivity index (χ0v) is 11.0. The van der Waals surface area contributed by atoms with Crippen molar-refractivity contribution in [2.24, 2.45) is 0 Å². The highest BCUT2D eigenvalue weighted by atomic mass is 79.9. The average Bonchev–Trinajstić information content (AvgIpc) is 2.34. The molecule has 0 unspecified atom stereocenters. The van der Waals surface area contributed by atoms with Crippen LogP contribution in [0.5, 0.6) is 5.75 Å². The highest BCUT2D eigenvalue weighted by Gasteiger charge is 2.01. The summed E-state index contributed by atoms with van der Waals surface area (Å²) in [6.07, 6.45) is 0. The fraction of sp³-hybridized carbons (Fsp3) is 0.0769. The lowest BCUT2D eigenvalue weighted by Gasteiger charge is -2.09. The van der Waals surface area contributed by atoms with Crippen molar-refractivity contribution < 1.29 is 4.74 Å². The van der Waals surface area contributed by atoms with Crippen molar-refractivity contribution in [2.75, 3.05) is 18.2 Å². The molecule has 3 N–H and O–H groups in total. The van der Waals surface area contributed by atoms with Gasteiger partial charge in [-0.2, -0.15) is 0 Å². The van der Waals surface area contributed by atoms with E-state index in [2.05, 4.69) is 21.2 Å². The van der Waals surface area contributed by atoms with Crippen LogP contribution in [0.15, 0.2) is 46.9 Å². The SMILES string of the molecule is COc1cc(Nc2ccc(N)cc2)ccc1Br. The van der Waals surface area contributed by atoms with Crippen LogP contribution in [0.4, 0.5) is 17.1 Å². The number of nitrogens with two attached hydrogens (primary N) is 1. The molecule has 0 heterocycles. The minimum Gasteiger partial charge on any atom is -0.495 e. The number of halogens is 1. The van der Waals surface area contributed by atoms with Crippen LogP contribution in [0.3, 0.4) is 0 Å². The fourth-order valence-electron chi connectivity index (χ4n) is 1.47. The third-order valence-corrected chi connectivity index (χ3v) is 3.01. The first-order valence-electron chi connectivity index (χ1n) is 5.15. The number of rotatable bonds is 3. The normalized spacial score (nSPS) is 10.0.